The van der Waals surface area contributed by atoms with Gasteiger partial charge in [0.15, 0.2) is 0 Å². The largest absolute Gasteiger partial charge is 0.493 e. The number of unbranched alkanes of at least 4 members (excludes halogenated alkanes) is 1. The summed E-state index contributed by atoms with van der Waals surface area (Å²) in [5.74, 6) is -3.66. The van der Waals surface area contributed by atoms with Crippen LogP contribution >= 0.6 is 0 Å². The van der Waals surface area contributed by atoms with Crippen molar-refractivity contribution in [2.45, 2.75) is 57.9 Å². The van der Waals surface area contributed by atoms with Crippen LogP contribution in [0.3, 0.4) is 0 Å². The molecule has 0 aromatic heterocycles. The molecule has 3 N–H and O–H groups in total. The number of benzene rings is 2. The third-order valence-electron chi connectivity index (χ3n) is 6.90. The summed E-state index contributed by atoms with van der Waals surface area (Å²) in [5.41, 5.74) is -3.81. The number of esters is 2. The number of aliphatic hydroxyl groups is 1. The number of nitro benzene ring substituents is 1. The van der Waals surface area contributed by atoms with Gasteiger partial charge in [-0.25, -0.2) is 9.59 Å². The summed E-state index contributed by atoms with van der Waals surface area (Å²) in [4.78, 5) is 37.2. The fraction of sp³-hybridized carbons (Fsp3) is 0.438. The third kappa shape index (κ3) is 10.2. The number of rotatable bonds is 16. The Morgan fingerprint density at radius 2 is 1.77 bits per heavy atom. The van der Waals surface area contributed by atoms with E-state index in [-0.39, 0.29) is 42.3 Å². The van der Waals surface area contributed by atoms with E-state index in [1.165, 1.54) is 26.8 Å². The van der Waals surface area contributed by atoms with Gasteiger partial charge in [-0.15, -0.1) is 0 Å². The first-order chi connectivity index (χ1) is 22.2. The van der Waals surface area contributed by atoms with Crippen LogP contribution in [0.25, 0.3) is 0 Å². The van der Waals surface area contributed by atoms with Crippen molar-refractivity contribution in [2.75, 3.05) is 33.4 Å². The molecule has 256 valence electrons. The van der Waals surface area contributed by atoms with Gasteiger partial charge in [0.25, 0.3) is 5.69 Å². The zero-order chi connectivity index (χ0) is 34.7. The van der Waals surface area contributed by atoms with Gasteiger partial charge in [0, 0.05) is 29.9 Å². The second kappa shape index (κ2) is 16.8. The number of nitro groups is 1. The van der Waals surface area contributed by atoms with Crippen LogP contribution in [0.1, 0.15) is 45.1 Å². The number of carbonyl (C=O) groups is 2. The number of nitrogens with one attached hydrogen (secondary N) is 2. The molecule has 0 fully saturated rings. The van der Waals surface area contributed by atoms with E-state index < -0.39 is 58.1 Å². The van der Waals surface area contributed by atoms with Gasteiger partial charge in [-0.2, -0.15) is 13.2 Å². The second-order valence-electron chi connectivity index (χ2n) is 10.8. The summed E-state index contributed by atoms with van der Waals surface area (Å²) in [5, 5.41) is 27.1. The molecule has 1 aliphatic rings. The van der Waals surface area contributed by atoms with Gasteiger partial charge in [0.1, 0.15) is 29.9 Å². The van der Waals surface area contributed by atoms with E-state index in [1.54, 1.807) is 12.1 Å². The van der Waals surface area contributed by atoms with Crippen molar-refractivity contribution in [3.63, 3.8) is 0 Å². The topological polar surface area (TPSA) is 158 Å². The molecule has 3 rings (SSSR count). The van der Waals surface area contributed by atoms with E-state index in [0.717, 1.165) is 19.2 Å². The Morgan fingerprint density at radius 1 is 1.06 bits per heavy atom. The summed E-state index contributed by atoms with van der Waals surface area (Å²) in [6.45, 7) is 4.97. The Hall–Kier alpha value is -4.63. The minimum atomic E-state index is -5.09. The van der Waals surface area contributed by atoms with Gasteiger partial charge < -0.3 is 34.7 Å². The highest BCUT2D eigenvalue weighted by Gasteiger charge is 2.48. The summed E-state index contributed by atoms with van der Waals surface area (Å²) in [6.07, 6.45) is -5.67. The number of ether oxygens (including phenoxy) is 4. The molecule has 2 unspecified atom stereocenters. The highest BCUT2D eigenvalue weighted by molar-refractivity contribution is 6.00. The maximum atomic E-state index is 14.4. The Kier molecular flexibility index (Phi) is 13.2. The number of halogens is 3. The molecule has 12 nitrogen and oxygen atoms in total. The monoisotopic (exact) mass is 665 g/mol. The first-order valence-corrected chi connectivity index (χ1v) is 14.8. The number of hydrogen-bond acceptors (Lipinski definition) is 11. The molecule has 0 bridgehead atoms. The number of hydrogen-bond donors (Lipinski definition) is 3. The van der Waals surface area contributed by atoms with Crippen molar-refractivity contribution < 1.29 is 51.7 Å². The van der Waals surface area contributed by atoms with E-state index in [4.69, 9.17) is 18.9 Å². The van der Waals surface area contributed by atoms with Crippen molar-refractivity contribution in [1.29, 1.82) is 0 Å². The molecule has 2 aromatic rings. The van der Waals surface area contributed by atoms with Gasteiger partial charge in [-0.05, 0) is 58.4 Å². The normalized spacial score (nSPS) is 15.6. The van der Waals surface area contributed by atoms with Gasteiger partial charge in [-0.3, -0.25) is 10.1 Å². The smallest absolute Gasteiger partial charge is 0.431 e. The molecular weight excluding hydrogens is 627 g/mol. The minimum absolute atomic E-state index is 0.0367. The Morgan fingerprint density at radius 3 is 2.38 bits per heavy atom. The molecule has 2 aromatic carbocycles. The second-order valence-corrected chi connectivity index (χ2v) is 10.8. The van der Waals surface area contributed by atoms with Crippen molar-refractivity contribution in [3.05, 3.63) is 86.7 Å². The number of nitrogens with zero attached hydrogens (tertiary/aromatic N) is 1. The SMILES string of the molecule is COC(=O)C1=C(C)NC(C(F)(F)F)=C(C(=O)OC(C)C)C1c1cc([N+](=O)[O-])ccc1OCCCCNCC(O)COc1ccccc1. The zero-order valence-corrected chi connectivity index (χ0v) is 26.4. The zero-order valence-electron chi connectivity index (χ0n) is 26.4. The predicted molar refractivity (Wildman–Crippen MR) is 164 cm³/mol. The van der Waals surface area contributed by atoms with Crippen molar-refractivity contribution in [1.82, 2.24) is 10.6 Å². The van der Waals surface area contributed by atoms with Gasteiger partial charge in [-0.1, -0.05) is 18.2 Å². The first kappa shape index (κ1) is 36.8. The summed E-state index contributed by atoms with van der Waals surface area (Å²) >= 11 is 0. The number of methoxy groups -OCH3 is 1. The molecule has 0 saturated heterocycles. The van der Waals surface area contributed by atoms with E-state index in [2.05, 4.69) is 10.6 Å². The lowest BCUT2D eigenvalue weighted by atomic mass is 9.79. The van der Waals surface area contributed by atoms with Crippen LogP contribution in [0.2, 0.25) is 0 Å². The highest BCUT2D eigenvalue weighted by atomic mass is 19.4. The lowest BCUT2D eigenvalue weighted by Gasteiger charge is -2.32. The number of allylic oxidation sites excluding steroid dienone is 2. The fourth-order valence-electron chi connectivity index (χ4n) is 4.82. The van der Waals surface area contributed by atoms with Crippen LogP contribution in [-0.4, -0.2) is 73.8 Å². The summed E-state index contributed by atoms with van der Waals surface area (Å²) < 4.78 is 64.5. The molecule has 1 heterocycles. The van der Waals surface area contributed by atoms with E-state index in [1.807, 2.05) is 18.2 Å². The molecule has 0 saturated carbocycles. The number of dihydropyridines is 1. The maximum Gasteiger partial charge on any atom is 0.431 e. The number of alkyl halides is 3. The van der Waals surface area contributed by atoms with E-state index >= 15 is 0 Å². The molecule has 1 aliphatic heterocycles. The Balaban J connectivity index is 1.83. The van der Waals surface area contributed by atoms with E-state index in [9.17, 15) is 38.0 Å². The fourth-order valence-corrected chi connectivity index (χ4v) is 4.82. The minimum Gasteiger partial charge on any atom is -0.493 e. The molecule has 0 aliphatic carbocycles. The molecule has 0 radical (unpaired) electrons. The molecule has 2 atom stereocenters. The average molecular weight is 666 g/mol. The van der Waals surface area contributed by atoms with Crippen molar-refractivity contribution >= 4 is 17.6 Å². The highest BCUT2D eigenvalue weighted by Crippen LogP contribution is 2.47. The van der Waals surface area contributed by atoms with Gasteiger partial charge >= 0.3 is 18.1 Å². The van der Waals surface area contributed by atoms with Crippen LogP contribution in [0, 0.1) is 10.1 Å². The third-order valence-corrected chi connectivity index (χ3v) is 6.90. The molecule has 0 spiro atoms. The number of non-ortho nitro benzene ring substituents is 1. The average Bonchev–Trinajstić information content (AvgIpc) is 3.02. The summed E-state index contributed by atoms with van der Waals surface area (Å²) in [6, 6.07) is 12.3. The number of aliphatic hydroxyl groups excluding tert-OH is 1. The van der Waals surface area contributed by atoms with Crippen LogP contribution in [-0.2, 0) is 19.1 Å². The molecule has 0 amide bonds. The molecule has 47 heavy (non-hydrogen) atoms. The maximum absolute atomic E-state index is 14.4. The first-order valence-electron chi connectivity index (χ1n) is 14.8. The van der Waals surface area contributed by atoms with Crippen LogP contribution in [0.4, 0.5) is 18.9 Å². The lowest BCUT2D eigenvalue weighted by molar-refractivity contribution is -0.384. The van der Waals surface area contributed by atoms with Gasteiger partial charge in [0.2, 0.25) is 0 Å². The standard InChI is InChI=1S/C32H38F3N3O9/c1-19(2)47-31(41)28-27(26(30(40)44-4)20(3)37-29(28)32(33,34)35)24-16-21(38(42)43)12-13-25(24)45-15-9-8-14-36-17-22(39)18-46-23-10-6-5-7-11-23/h5-7,10-13,16,19,22,27,36-37,39H,8-9,14-15,17-18H2,1-4H3. The Bertz CT molecular complexity index is 1480. The van der Waals surface area contributed by atoms with Crippen molar-refractivity contribution in [3.8, 4) is 11.5 Å². The van der Waals surface area contributed by atoms with Crippen LogP contribution in [0.5, 0.6) is 11.5 Å². The van der Waals surface area contributed by atoms with Gasteiger partial charge in [0.05, 0.1) is 41.8 Å². The van der Waals surface area contributed by atoms with Crippen LogP contribution < -0.4 is 20.1 Å². The Labute approximate surface area is 269 Å². The lowest BCUT2D eigenvalue weighted by Crippen LogP contribution is -2.39. The number of para-hydroxylation sites is 1. The summed E-state index contributed by atoms with van der Waals surface area (Å²) in [7, 11) is 1.02. The quantitative estimate of drug-likeness (QED) is 0.0989. The van der Waals surface area contributed by atoms with E-state index in [0.29, 0.717) is 25.1 Å². The molecule has 15 heteroatoms. The van der Waals surface area contributed by atoms with Crippen LogP contribution in [0.15, 0.2) is 71.1 Å². The predicted octanol–water partition coefficient (Wildman–Crippen LogP) is 4.69. The van der Waals surface area contributed by atoms with Crippen molar-refractivity contribution in [2.24, 2.45) is 0 Å². The molecular formula is C32H38F3N3O9. The number of carbonyl (C=O) groups excluding carboxylic acids is 2.